The van der Waals surface area contributed by atoms with Crippen LogP contribution in [0.15, 0.2) is 42.5 Å². The lowest BCUT2D eigenvalue weighted by Crippen LogP contribution is -2.26. The summed E-state index contributed by atoms with van der Waals surface area (Å²) in [4.78, 5) is 3.51. The normalized spacial score (nSPS) is 12.2. The van der Waals surface area contributed by atoms with Crippen LogP contribution in [0, 0.1) is 0 Å². The summed E-state index contributed by atoms with van der Waals surface area (Å²) in [5, 5.41) is 6.11. The Morgan fingerprint density at radius 3 is 2.39 bits per heavy atom. The molecule has 0 aliphatic rings. The Bertz CT molecular complexity index is 702. The quantitative estimate of drug-likeness (QED) is 0.640. The summed E-state index contributed by atoms with van der Waals surface area (Å²) in [5.41, 5.74) is 3.60. The van der Waals surface area contributed by atoms with Crippen molar-refractivity contribution >= 4 is 27.5 Å². The molecular formula is C16H18N2. The third kappa shape index (κ3) is 1.84. The van der Waals surface area contributed by atoms with Crippen molar-refractivity contribution in [1.82, 2.24) is 4.98 Å². The number of anilines is 1. The van der Waals surface area contributed by atoms with Gasteiger partial charge in [0.2, 0.25) is 0 Å². The number of hydrogen-bond donors (Lipinski definition) is 2. The summed E-state index contributed by atoms with van der Waals surface area (Å²) in [6, 6.07) is 14.8. The van der Waals surface area contributed by atoms with E-state index in [1.807, 2.05) is 0 Å². The molecule has 0 bridgehead atoms. The van der Waals surface area contributed by atoms with E-state index in [0.717, 1.165) is 5.69 Å². The maximum atomic E-state index is 3.55. The van der Waals surface area contributed by atoms with Gasteiger partial charge in [0.25, 0.3) is 0 Å². The highest BCUT2D eigenvalue weighted by Crippen LogP contribution is 2.31. The molecule has 2 N–H and O–H groups in total. The zero-order valence-corrected chi connectivity index (χ0v) is 11.0. The second-order valence-corrected chi connectivity index (χ2v) is 5.77. The molecule has 2 aromatic carbocycles. The van der Waals surface area contributed by atoms with Crippen molar-refractivity contribution in [2.75, 3.05) is 5.32 Å². The van der Waals surface area contributed by atoms with Crippen molar-refractivity contribution in [3.63, 3.8) is 0 Å². The molecule has 3 aromatic rings. The van der Waals surface area contributed by atoms with E-state index in [1.165, 1.54) is 21.8 Å². The lowest BCUT2D eigenvalue weighted by molar-refractivity contribution is 0.635. The van der Waals surface area contributed by atoms with E-state index in [-0.39, 0.29) is 5.54 Å². The third-order valence-corrected chi connectivity index (χ3v) is 3.05. The van der Waals surface area contributed by atoms with Crippen molar-refractivity contribution in [3.05, 3.63) is 42.5 Å². The average molecular weight is 238 g/mol. The minimum absolute atomic E-state index is 0.0611. The van der Waals surface area contributed by atoms with Crippen LogP contribution in [0.3, 0.4) is 0 Å². The molecule has 0 spiro atoms. The Labute approximate surface area is 107 Å². The minimum Gasteiger partial charge on any atom is -0.379 e. The van der Waals surface area contributed by atoms with E-state index in [2.05, 4.69) is 73.5 Å². The van der Waals surface area contributed by atoms with Crippen molar-refractivity contribution in [2.45, 2.75) is 26.3 Å². The fourth-order valence-electron chi connectivity index (χ4n) is 2.38. The van der Waals surface area contributed by atoms with Crippen LogP contribution >= 0.6 is 0 Å². The monoisotopic (exact) mass is 238 g/mol. The van der Waals surface area contributed by atoms with Gasteiger partial charge in [-0.15, -0.1) is 0 Å². The van der Waals surface area contributed by atoms with Crippen LogP contribution in [0.25, 0.3) is 21.8 Å². The van der Waals surface area contributed by atoms with Gasteiger partial charge in [-0.2, -0.15) is 0 Å². The SMILES string of the molecule is CC(C)(C)Nc1cccc2c1[nH]c1ccccc12. The number of benzene rings is 2. The fourth-order valence-corrected chi connectivity index (χ4v) is 2.38. The number of hydrogen-bond acceptors (Lipinski definition) is 1. The van der Waals surface area contributed by atoms with E-state index in [9.17, 15) is 0 Å². The molecule has 92 valence electrons. The minimum atomic E-state index is 0.0611. The van der Waals surface area contributed by atoms with Crippen molar-refractivity contribution < 1.29 is 0 Å². The highest BCUT2D eigenvalue weighted by molar-refractivity contribution is 6.11. The first-order valence-electron chi connectivity index (χ1n) is 6.32. The maximum absolute atomic E-state index is 3.55. The summed E-state index contributed by atoms with van der Waals surface area (Å²) in [7, 11) is 0. The van der Waals surface area contributed by atoms with Crippen LogP contribution in [0.4, 0.5) is 5.69 Å². The second kappa shape index (κ2) is 3.77. The van der Waals surface area contributed by atoms with Crippen LogP contribution in [-0.2, 0) is 0 Å². The Morgan fingerprint density at radius 1 is 0.889 bits per heavy atom. The van der Waals surface area contributed by atoms with Gasteiger partial charge in [0.1, 0.15) is 0 Å². The number of aromatic nitrogens is 1. The number of H-pyrrole nitrogens is 1. The van der Waals surface area contributed by atoms with Crippen molar-refractivity contribution in [2.24, 2.45) is 0 Å². The molecule has 18 heavy (non-hydrogen) atoms. The summed E-state index contributed by atoms with van der Waals surface area (Å²) >= 11 is 0. The third-order valence-electron chi connectivity index (χ3n) is 3.05. The van der Waals surface area contributed by atoms with Gasteiger partial charge in [0.05, 0.1) is 11.2 Å². The molecule has 3 rings (SSSR count). The molecule has 0 fully saturated rings. The molecule has 0 unspecified atom stereocenters. The van der Waals surface area contributed by atoms with Crippen molar-refractivity contribution in [3.8, 4) is 0 Å². The van der Waals surface area contributed by atoms with Crippen molar-refractivity contribution in [1.29, 1.82) is 0 Å². The molecule has 2 heteroatoms. The first kappa shape index (κ1) is 11.1. The fraction of sp³-hybridized carbons (Fsp3) is 0.250. The average Bonchev–Trinajstić information content (AvgIpc) is 2.67. The first-order valence-corrected chi connectivity index (χ1v) is 6.32. The van der Waals surface area contributed by atoms with Crippen LogP contribution < -0.4 is 5.32 Å². The number of nitrogens with one attached hydrogen (secondary N) is 2. The Hall–Kier alpha value is -1.96. The molecule has 0 radical (unpaired) electrons. The van der Waals surface area contributed by atoms with Gasteiger partial charge in [0.15, 0.2) is 0 Å². The summed E-state index contributed by atoms with van der Waals surface area (Å²) in [6.07, 6.45) is 0. The lowest BCUT2D eigenvalue weighted by Gasteiger charge is -2.22. The molecule has 1 aromatic heterocycles. The number of aromatic amines is 1. The van der Waals surface area contributed by atoms with Gasteiger partial charge < -0.3 is 10.3 Å². The van der Waals surface area contributed by atoms with Crippen LogP contribution in [-0.4, -0.2) is 10.5 Å². The second-order valence-electron chi connectivity index (χ2n) is 5.77. The number of rotatable bonds is 1. The van der Waals surface area contributed by atoms with Gasteiger partial charge in [-0.05, 0) is 32.9 Å². The smallest absolute Gasteiger partial charge is 0.0700 e. The topological polar surface area (TPSA) is 27.8 Å². The Balaban J connectivity index is 2.28. The molecule has 0 saturated heterocycles. The van der Waals surface area contributed by atoms with Crippen LogP contribution in [0.5, 0.6) is 0 Å². The number of fused-ring (bicyclic) bond motifs is 3. The zero-order valence-electron chi connectivity index (χ0n) is 11.0. The number of para-hydroxylation sites is 2. The van der Waals surface area contributed by atoms with E-state index < -0.39 is 0 Å². The Kier molecular flexibility index (Phi) is 2.34. The molecule has 0 atom stereocenters. The van der Waals surface area contributed by atoms with E-state index in [1.54, 1.807) is 0 Å². The van der Waals surface area contributed by atoms with Gasteiger partial charge in [0, 0.05) is 21.8 Å². The molecule has 0 amide bonds. The largest absolute Gasteiger partial charge is 0.379 e. The highest BCUT2D eigenvalue weighted by Gasteiger charge is 2.13. The highest BCUT2D eigenvalue weighted by atomic mass is 15.0. The molecule has 0 saturated carbocycles. The summed E-state index contributed by atoms with van der Waals surface area (Å²) in [6.45, 7) is 6.53. The van der Waals surface area contributed by atoms with E-state index in [4.69, 9.17) is 0 Å². The lowest BCUT2D eigenvalue weighted by atomic mass is 10.1. The maximum Gasteiger partial charge on any atom is 0.0700 e. The van der Waals surface area contributed by atoms with E-state index >= 15 is 0 Å². The van der Waals surface area contributed by atoms with E-state index in [0.29, 0.717) is 0 Å². The molecule has 1 heterocycles. The van der Waals surface area contributed by atoms with Gasteiger partial charge in [-0.3, -0.25) is 0 Å². The summed E-state index contributed by atoms with van der Waals surface area (Å²) < 4.78 is 0. The molecule has 0 aliphatic carbocycles. The first-order chi connectivity index (χ1) is 8.54. The predicted molar refractivity (Wildman–Crippen MR) is 79.2 cm³/mol. The predicted octanol–water partition coefficient (Wildman–Crippen LogP) is 4.53. The molecular weight excluding hydrogens is 220 g/mol. The summed E-state index contributed by atoms with van der Waals surface area (Å²) in [5.74, 6) is 0. The van der Waals surface area contributed by atoms with Gasteiger partial charge in [-0.25, -0.2) is 0 Å². The van der Waals surface area contributed by atoms with Gasteiger partial charge in [-0.1, -0.05) is 30.3 Å². The zero-order chi connectivity index (χ0) is 12.8. The standard InChI is InChI=1S/C16H18N2/c1-16(2,3)18-14-10-6-8-12-11-7-4-5-9-13(11)17-15(12)14/h4-10,17-18H,1-3H3. The van der Waals surface area contributed by atoms with Crippen LogP contribution in [0.1, 0.15) is 20.8 Å². The molecule has 0 aliphatic heterocycles. The van der Waals surface area contributed by atoms with Crippen LogP contribution in [0.2, 0.25) is 0 Å². The van der Waals surface area contributed by atoms with Gasteiger partial charge >= 0.3 is 0 Å². The molecule has 2 nitrogen and oxygen atoms in total. The Morgan fingerprint density at radius 2 is 1.61 bits per heavy atom.